The van der Waals surface area contributed by atoms with E-state index in [1.54, 1.807) is 11.3 Å². The first-order valence-corrected chi connectivity index (χ1v) is 7.50. The van der Waals surface area contributed by atoms with Crippen molar-refractivity contribution < 1.29 is 9.53 Å². The van der Waals surface area contributed by atoms with Gasteiger partial charge in [0.1, 0.15) is 5.60 Å². The van der Waals surface area contributed by atoms with Gasteiger partial charge in [-0.3, -0.25) is 0 Å². The van der Waals surface area contributed by atoms with Gasteiger partial charge in [-0.25, -0.2) is 4.79 Å². The first-order chi connectivity index (χ1) is 8.83. The first kappa shape index (κ1) is 14.6. The minimum atomic E-state index is -0.449. The number of carbonyl (C=O) groups is 1. The molecular formula is C13H19ClN2O2S. The normalized spacial score (nSPS) is 22.1. The Kier molecular flexibility index (Phi) is 4.38. The maximum atomic E-state index is 11.6. The molecule has 1 amide bonds. The van der Waals surface area contributed by atoms with E-state index in [0.717, 1.165) is 17.3 Å². The zero-order valence-electron chi connectivity index (χ0n) is 11.3. The van der Waals surface area contributed by atoms with Gasteiger partial charge in [0.15, 0.2) is 0 Å². The third-order valence-electron chi connectivity index (χ3n) is 2.66. The molecule has 4 nitrogen and oxygen atoms in total. The summed E-state index contributed by atoms with van der Waals surface area (Å²) >= 11 is 7.44. The number of hydrogen-bond acceptors (Lipinski definition) is 4. The molecule has 0 bridgehead atoms. The maximum absolute atomic E-state index is 11.6. The van der Waals surface area contributed by atoms with E-state index >= 15 is 0 Å². The van der Waals surface area contributed by atoms with E-state index in [2.05, 4.69) is 10.6 Å². The van der Waals surface area contributed by atoms with Crippen molar-refractivity contribution in [1.82, 2.24) is 10.6 Å². The number of nitrogens with one attached hydrogen (secondary N) is 2. The zero-order valence-corrected chi connectivity index (χ0v) is 12.9. The van der Waals surface area contributed by atoms with E-state index in [1.807, 2.05) is 32.9 Å². The van der Waals surface area contributed by atoms with Gasteiger partial charge in [-0.1, -0.05) is 11.6 Å². The van der Waals surface area contributed by atoms with Gasteiger partial charge in [0, 0.05) is 23.5 Å². The molecule has 1 heterocycles. The second-order valence-corrected chi connectivity index (χ2v) is 7.48. The molecule has 6 heteroatoms. The van der Waals surface area contributed by atoms with Crippen molar-refractivity contribution in [1.29, 1.82) is 0 Å². The molecule has 0 aliphatic heterocycles. The average Bonchev–Trinajstić information content (AvgIpc) is 2.84. The van der Waals surface area contributed by atoms with Crippen LogP contribution in [-0.2, 0) is 11.3 Å². The van der Waals surface area contributed by atoms with E-state index in [-0.39, 0.29) is 12.1 Å². The van der Waals surface area contributed by atoms with Crippen LogP contribution in [0.25, 0.3) is 0 Å². The van der Waals surface area contributed by atoms with Crippen LogP contribution in [0.15, 0.2) is 12.1 Å². The number of rotatable bonds is 4. The van der Waals surface area contributed by atoms with Crippen molar-refractivity contribution in [2.75, 3.05) is 0 Å². The van der Waals surface area contributed by atoms with E-state index in [9.17, 15) is 4.79 Å². The van der Waals surface area contributed by atoms with Crippen molar-refractivity contribution in [2.45, 2.75) is 51.4 Å². The molecule has 0 saturated heterocycles. The third-order valence-corrected chi connectivity index (χ3v) is 3.89. The van der Waals surface area contributed by atoms with Crippen molar-refractivity contribution in [2.24, 2.45) is 0 Å². The number of ether oxygens (including phenoxy) is 1. The lowest BCUT2D eigenvalue weighted by atomic mass is 10.2. The number of hydrogen-bond donors (Lipinski definition) is 2. The Hall–Kier alpha value is -0.780. The Balaban J connectivity index is 1.66. The van der Waals surface area contributed by atoms with Gasteiger partial charge in [0.2, 0.25) is 0 Å². The fourth-order valence-corrected chi connectivity index (χ4v) is 2.76. The molecule has 19 heavy (non-hydrogen) atoms. The first-order valence-electron chi connectivity index (χ1n) is 6.30. The van der Waals surface area contributed by atoms with Gasteiger partial charge in [-0.2, -0.15) is 0 Å². The summed E-state index contributed by atoms with van der Waals surface area (Å²) in [6.45, 7) is 6.36. The number of carbonyl (C=O) groups excluding carboxylic acids is 1. The van der Waals surface area contributed by atoms with Crippen molar-refractivity contribution in [3.05, 3.63) is 21.3 Å². The predicted molar refractivity (Wildman–Crippen MR) is 77.7 cm³/mol. The molecule has 1 aromatic heterocycles. The van der Waals surface area contributed by atoms with E-state index in [0.29, 0.717) is 6.04 Å². The van der Waals surface area contributed by atoms with Crippen molar-refractivity contribution >= 4 is 29.0 Å². The molecule has 1 aliphatic rings. The smallest absolute Gasteiger partial charge is 0.407 e. The predicted octanol–water partition coefficient (Wildman–Crippen LogP) is 3.16. The fraction of sp³-hybridized carbons (Fsp3) is 0.615. The molecule has 1 aromatic rings. The van der Waals surface area contributed by atoms with Gasteiger partial charge >= 0.3 is 6.09 Å². The standard InChI is InChI=1S/C13H19ClN2O2S/c1-13(2,3)18-12(17)16-10-6-9(10)15-7-8-4-5-11(14)19-8/h4-5,9-10,15H,6-7H2,1-3H3,(H,16,17). The molecule has 0 radical (unpaired) electrons. The Morgan fingerprint density at radius 3 is 2.79 bits per heavy atom. The fourth-order valence-electron chi connectivity index (χ4n) is 1.72. The summed E-state index contributed by atoms with van der Waals surface area (Å²) in [5.41, 5.74) is -0.449. The molecule has 106 valence electrons. The van der Waals surface area contributed by atoms with Crippen LogP contribution in [0.4, 0.5) is 4.79 Å². The van der Waals surface area contributed by atoms with Gasteiger partial charge < -0.3 is 15.4 Å². The zero-order chi connectivity index (χ0) is 14.0. The van der Waals surface area contributed by atoms with Crippen LogP contribution in [0.5, 0.6) is 0 Å². The van der Waals surface area contributed by atoms with Crippen LogP contribution in [0, 0.1) is 0 Å². The molecule has 2 N–H and O–H groups in total. The summed E-state index contributed by atoms with van der Waals surface area (Å²) in [5.74, 6) is 0. The highest BCUT2D eigenvalue weighted by atomic mass is 35.5. The minimum absolute atomic E-state index is 0.172. The topological polar surface area (TPSA) is 50.4 Å². The highest BCUT2D eigenvalue weighted by Crippen LogP contribution is 2.25. The summed E-state index contributed by atoms with van der Waals surface area (Å²) in [6, 6.07) is 4.41. The Morgan fingerprint density at radius 2 is 2.21 bits per heavy atom. The van der Waals surface area contributed by atoms with E-state index < -0.39 is 5.60 Å². The van der Waals surface area contributed by atoms with Gasteiger partial charge in [-0.05, 0) is 39.3 Å². The molecule has 2 atom stereocenters. The Bertz CT molecular complexity index is 456. The van der Waals surface area contributed by atoms with E-state index in [1.165, 1.54) is 4.88 Å². The second-order valence-electron chi connectivity index (χ2n) is 5.68. The largest absolute Gasteiger partial charge is 0.444 e. The lowest BCUT2D eigenvalue weighted by Crippen LogP contribution is -2.36. The van der Waals surface area contributed by atoms with Crippen LogP contribution in [0.3, 0.4) is 0 Å². The summed E-state index contributed by atoms with van der Waals surface area (Å²) in [7, 11) is 0. The lowest BCUT2D eigenvalue weighted by Gasteiger charge is -2.19. The quantitative estimate of drug-likeness (QED) is 0.898. The Morgan fingerprint density at radius 1 is 1.47 bits per heavy atom. The maximum Gasteiger partial charge on any atom is 0.407 e. The highest BCUT2D eigenvalue weighted by molar-refractivity contribution is 7.16. The highest BCUT2D eigenvalue weighted by Gasteiger charge is 2.38. The van der Waals surface area contributed by atoms with Crippen molar-refractivity contribution in [3.63, 3.8) is 0 Å². The van der Waals surface area contributed by atoms with Gasteiger partial charge in [0.05, 0.1) is 4.34 Å². The molecule has 1 saturated carbocycles. The second kappa shape index (κ2) is 5.69. The molecule has 2 unspecified atom stereocenters. The van der Waals surface area contributed by atoms with Crippen LogP contribution >= 0.6 is 22.9 Å². The summed E-state index contributed by atoms with van der Waals surface area (Å²) < 4.78 is 6.01. The Labute approximate surface area is 122 Å². The van der Waals surface area contributed by atoms with Crippen LogP contribution < -0.4 is 10.6 Å². The van der Waals surface area contributed by atoms with E-state index in [4.69, 9.17) is 16.3 Å². The van der Waals surface area contributed by atoms with Crippen molar-refractivity contribution in [3.8, 4) is 0 Å². The monoisotopic (exact) mass is 302 g/mol. The molecule has 1 aliphatic carbocycles. The number of amides is 1. The molecule has 1 fully saturated rings. The van der Waals surface area contributed by atoms with Crippen LogP contribution in [0.1, 0.15) is 32.1 Å². The molecule has 0 aromatic carbocycles. The number of alkyl carbamates (subject to hydrolysis) is 1. The SMILES string of the molecule is CC(C)(C)OC(=O)NC1CC1NCc1ccc(Cl)s1. The summed E-state index contributed by atoms with van der Waals surface area (Å²) in [5, 5.41) is 6.24. The van der Waals surface area contributed by atoms with Crippen LogP contribution in [-0.4, -0.2) is 23.8 Å². The number of thiophene rings is 1. The third kappa shape index (κ3) is 5.01. The van der Waals surface area contributed by atoms with Crippen LogP contribution in [0.2, 0.25) is 4.34 Å². The molecular weight excluding hydrogens is 284 g/mol. The summed E-state index contributed by atoms with van der Waals surface area (Å²) in [6.07, 6.45) is 0.596. The van der Waals surface area contributed by atoms with Gasteiger partial charge in [0.25, 0.3) is 0 Å². The summed E-state index contributed by atoms with van der Waals surface area (Å²) in [4.78, 5) is 12.8. The lowest BCUT2D eigenvalue weighted by molar-refractivity contribution is 0.0522. The van der Waals surface area contributed by atoms with Gasteiger partial charge in [-0.15, -0.1) is 11.3 Å². The molecule has 2 rings (SSSR count). The number of halogens is 1. The molecule has 0 spiro atoms. The minimum Gasteiger partial charge on any atom is -0.444 e. The average molecular weight is 303 g/mol.